The average molecular weight is 422 g/mol. The zero-order valence-electron chi connectivity index (χ0n) is 17.7. The van der Waals surface area contributed by atoms with Gasteiger partial charge in [-0.25, -0.2) is 4.79 Å². The Morgan fingerprint density at radius 3 is 2.52 bits per heavy atom. The van der Waals surface area contributed by atoms with E-state index in [1.165, 1.54) is 12.8 Å². The molecule has 2 aliphatic heterocycles. The van der Waals surface area contributed by atoms with Crippen molar-refractivity contribution in [3.63, 3.8) is 0 Å². The second-order valence-corrected chi connectivity index (χ2v) is 10.6. The molecule has 162 valence electrons. The number of amides is 2. The highest BCUT2D eigenvalue weighted by atomic mass is 16.6. The number of aromatic nitrogens is 3. The minimum atomic E-state index is -0.152. The highest BCUT2D eigenvalue weighted by Gasteiger charge is 2.77. The molecule has 4 aliphatic carbocycles. The molecule has 1 N–H and O–H groups in total. The Kier molecular flexibility index (Phi) is 3.47. The van der Waals surface area contributed by atoms with E-state index in [2.05, 4.69) is 22.3 Å². The lowest BCUT2D eigenvalue weighted by atomic mass is 10.0. The normalized spacial score (nSPS) is 39.4. The molecule has 4 saturated carbocycles. The van der Waals surface area contributed by atoms with Crippen LogP contribution in [0, 0.1) is 40.9 Å². The Morgan fingerprint density at radius 2 is 1.84 bits per heavy atom. The smallest absolute Gasteiger partial charge is 0.409 e. The Labute approximate surface area is 180 Å². The second-order valence-electron chi connectivity index (χ2n) is 10.6. The van der Waals surface area contributed by atoms with Crippen LogP contribution in [0.15, 0.2) is 18.2 Å². The maximum Gasteiger partial charge on any atom is 0.409 e. The Morgan fingerprint density at radius 1 is 1.10 bits per heavy atom. The molecule has 3 heterocycles. The second kappa shape index (κ2) is 5.99. The standard InChI is InChI=1S/C23H27N5O3/c1-12-14-4-17-20(12)23(17,6-14)11-31-22(30)28-9-15-7-27(8-16(15)10-28)21(29)13-2-3-18-19(5-13)25-26-24-18/h2-3,5,12,14-17,20H,4,6-11H2,1H3,(H,24,25,26)/t12?,14-,15-,16+,17-,20?,23?/m0/s1. The number of benzene rings is 1. The Hall–Kier alpha value is -2.64. The SMILES string of the molecule is CC1C2[C@@H]3C[C@H]1CC23COC(=O)N1C[C@@H]2CN(C(=O)c3ccc4n[nH]nc4c3)C[C@@H]2C1. The number of fused-ring (bicyclic) bond motifs is 2. The topological polar surface area (TPSA) is 91.4 Å². The van der Waals surface area contributed by atoms with Gasteiger partial charge < -0.3 is 14.5 Å². The van der Waals surface area contributed by atoms with Gasteiger partial charge in [-0.15, -0.1) is 0 Å². The molecule has 4 bridgehead atoms. The molecule has 0 spiro atoms. The number of nitrogens with one attached hydrogen (secondary N) is 1. The maximum atomic E-state index is 13.0. The summed E-state index contributed by atoms with van der Waals surface area (Å²) >= 11 is 0. The number of hydrogen-bond donors (Lipinski definition) is 1. The van der Waals surface area contributed by atoms with Crippen molar-refractivity contribution in [1.82, 2.24) is 25.2 Å². The minimum absolute atomic E-state index is 0.0293. The number of hydrogen-bond acceptors (Lipinski definition) is 5. The first-order chi connectivity index (χ1) is 15.0. The van der Waals surface area contributed by atoms with Gasteiger partial charge in [0.1, 0.15) is 11.0 Å². The lowest BCUT2D eigenvalue weighted by Crippen LogP contribution is -2.36. The lowest BCUT2D eigenvalue weighted by molar-refractivity contribution is 0.0745. The fourth-order valence-electron chi connectivity index (χ4n) is 7.78. The van der Waals surface area contributed by atoms with Crippen LogP contribution in [0.1, 0.15) is 30.1 Å². The van der Waals surface area contributed by atoms with Crippen molar-refractivity contribution in [1.29, 1.82) is 0 Å². The van der Waals surface area contributed by atoms with Crippen molar-refractivity contribution < 1.29 is 14.3 Å². The summed E-state index contributed by atoms with van der Waals surface area (Å²) in [6.07, 6.45) is 2.46. The van der Waals surface area contributed by atoms with E-state index in [0.29, 0.717) is 61.1 Å². The van der Waals surface area contributed by atoms with E-state index in [-0.39, 0.29) is 12.0 Å². The quantitative estimate of drug-likeness (QED) is 0.822. The number of nitrogens with zero attached hydrogens (tertiary/aromatic N) is 4. The van der Waals surface area contributed by atoms with Crippen molar-refractivity contribution >= 4 is 23.0 Å². The van der Waals surface area contributed by atoms with Crippen molar-refractivity contribution in [3.05, 3.63) is 23.8 Å². The number of H-pyrrole nitrogens is 1. The molecule has 2 saturated heterocycles. The number of aromatic amines is 1. The van der Waals surface area contributed by atoms with Crippen LogP contribution in [0.5, 0.6) is 0 Å². The number of ether oxygens (including phenoxy) is 1. The summed E-state index contributed by atoms with van der Waals surface area (Å²) in [7, 11) is 0. The molecule has 8 nitrogen and oxygen atoms in total. The van der Waals surface area contributed by atoms with Gasteiger partial charge in [-0.05, 0) is 54.7 Å². The van der Waals surface area contributed by atoms with Gasteiger partial charge in [0.05, 0.1) is 6.61 Å². The fraction of sp³-hybridized carbons (Fsp3) is 0.652. The monoisotopic (exact) mass is 421 g/mol. The molecule has 3 unspecified atom stereocenters. The molecular formula is C23H27N5O3. The molecule has 8 heteroatoms. The zero-order valence-corrected chi connectivity index (χ0v) is 17.7. The number of carbonyl (C=O) groups is 2. The van der Waals surface area contributed by atoms with E-state index in [9.17, 15) is 9.59 Å². The number of carbonyl (C=O) groups excluding carboxylic acids is 2. The average Bonchev–Trinajstić information content (AvgIpc) is 3.45. The van der Waals surface area contributed by atoms with Crippen molar-refractivity contribution in [2.24, 2.45) is 40.9 Å². The molecule has 0 radical (unpaired) electrons. The summed E-state index contributed by atoms with van der Waals surface area (Å²) < 4.78 is 5.83. The molecule has 6 aliphatic rings. The summed E-state index contributed by atoms with van der Waals surface area (Å²) in [6, 6.07) is 5.42. The first kappa shape index (κ1) is 18.0. The Bertz CT molecular complexity index is 1090. The molecule has 8 rings (SSSR count). The van der Waals surface area contributed by atoms with Crippen LogP contribution in [0.25, 0.3) is 11.0 Å². The van der Waals surface area contributed by atoms with Crippen molar-refractivity contribution in [2.45, 2.75) is 19.8 Å². The first-order valence-electron chi connectivity index (χ1n) is 11.5. The van der Waals surface area contributed by atoms with Gasteiger partial charge >= 0.3 is 6.09 Å². The molecule has 6 fully saturated rings. The molecular weight excluding hydrogens is 394 g/mol. The summed E-state index contributed by atoms with van der Waals surface area (Å²) in [4.78, 5) is 29.5. The van der Waals surface area contributed by atoms with Gasteiger partial charge in [-0.1, -0.05) is 6.92 Å². The van der Waals surface area contributed by atoms with Gasteiger partial charge in [0.25, 0.3) is 5.91 Å². The van der Waals surface area contributed by atoms with Crippen LogP contribution >= 0.6 is 0 Å². The summed E-state index contributed by atoms with van der Waals surface area (Å²) in [5.41, 5.74) is 2.42. The highest BCUT2D eigenvalue weighted by Crippen LogP contribution is 2.81. The van der Waals surface area contributed by atoms with Crippen LogP contribution < -0.4 is 0 Å². The van der Waals surface area contributed by atoms with Gasteiger partial charge in [0.15, 0.2) is 0 Å². The predicted octanol–water partition coefficient (Wildman–Crippen LogP) is 2.39. The maximum absolute atomic E-state index is 13.0. The van der Waals surface area contributed by atoms with Crippen LogP contribution in [-0.4, -0.2) is 70.0 Å². The molecule has 1 aromatic carbocycles. The van der Waals surface area contributed by atoms with Crippen LogP contribution in [0.2, 0.25) is 0 Å². The van der Waals surface area contributed by atoms with Crippen molar-refractivity contribution in [2.75, 3.05) is 32.8 Å². The van der Waals surface area contributed by atoms with E-state index >= 15 is 0 Å². The van der Waals surface area contributed by atoms with E-state index in [1.807, 2.05) is 21.9 Å². The van der Waals surface area contributed by atoms with Gasteiger partial charge in [0, 0.05) is 49.0 Å². The summed E-state index contributed by atoms with van der Waals surface area (Å²) in [6.45, 7) is 5.76. The molecule has 1 aromatic heterocycles. The van der Waals surface area contributed by atoms with E-state index in [1.54, 1.807) is 6.07 Å². The third kappa shape index (κ3) is 2.41. The van der Waals surface area contributed by atoms with Crippen LogP contribution in [0.4, 0.5) is 4.79 Å². The van der Waals surface area contributed by atoms with Gasteiger partial charge in [0.2, 0.25) is 0 Å². The van der Waals surface area contributed by atoms with E-state index < -0.39 is 0 Å². The fourth-order valence-corrected chi connectivity index (χ4v) is 7.78. The minimum Gasteiger partial charge on any atom is -0.449 e. The van der Waals surface area contributed by atoms with Crippen LogP contribution in [-0.2, 0) is 4.74 Å². The van der Waals surface area contributed by atoms with Crippen LogP contribution in [0.3, 0.4) is 0 Å². The molecule has 2 aromatic rings. The summed E-state index contributed by atoms with van der Waals surface area (Å²) in [5, 5.41) is 10.7. The third-order valence-corrected chi connectivity index (χ3v) is 9.29. The first-order valence-corrected chi connectivity index (χ1v) is 11.5. The third-order valence-electron chi connectivity index (χ3n) is 9.29. The number of rotatable bonds is 3. The summed E-state index contributed by atoms with van der Waals surface area (Å²) in [5.74, 6) is 4.00. The van der Waals surface area contributed by atoms with E-state index in [4.69, 9.17) is 4.74 Å². The largest absolute Gasteiger partial charge is 0.449 e. The Balaban J connectivity index is 0.955. The molecule has 2 amide bonds. The molecule has 7 atom stereocenters. The van der Waals surface area contributed by atoms with E-state index in [0.717, 1.165) is 29.2 Å². The van der Waals surface area contributed by atoms with Gasteiger partial charge in [-0.2, -0.15) is 15.4 Å². The molecule has 31 heavy (non-hydrogen) atoms. The number of likely N-dealkylation sites (tertiary alicyclic amines) is 2. The van der Waals surface area contributed by atoms with Gasteiger partial charge in [-0.3, -0.25) is 4.79 Å². The predicted molar refractivity (Wildman–Crippen MR) is 111 cm³/mol. The van der Waals surface area contributed by atoms with Crippen molar-refractivity contribution in [3.8, 4) is 0 Å². The lowest BCUT2D eigenvalue weighted by Gasteiger charge is -2.22. The highest BCUT2D eigenvalue weighted by molar-refractivity contribution is 5.97. The zero-order chi connectivity index (χ0) is 20.9.